The fourth-order valence-electron chi connectivity index (χ4n) is 2.89. The smallest absolute Gasteiger partial charge is 0.0604 e. The fourth-order valence-corrected chi connectivity index (χ4v) is 2.89. The first-order valence-corrected chi connectivity index (χ1v) is 6.29. The summed E-state index contributed by atoms with van der Waals surface area (Å²) in [5.74, 6) is 6.23. The van der Waals surface area contributed by atoms with Crippen LogP contribution in [0, 0.1) is 11.8 Å². The van der Waals surface area contributed by atoms with E-state index in [-0.39, 0.29) is 0 Å². The molecule has 2 aliphatic rings. The van der Waals surface area contributed by atoms with Gasteiger partial charge in [-0.1, -0.05) is 12.3 Å². The number of hydrogen-bond acceptors (Lipinski definition) is 2. The second-order valence-electron chi connectivity index (χ2n) is 4.66. The number of rotatable bonds is 2. The van der Waals surface area contributed by atoms with E-state index in [1.807, 2.05) is 6.92 Å². The van der Waals surface area contributed by atoms with Crippen LogP contribution in [0.5, 0.6) is 0 Å². The van der Waals surface area contributed by atoms with Crippen molar-refractivity contribution in [3.8, 4) is 11.8 Å². The third-order valence-corrected chi connectivity index (χ3v) is 3.69. The molecule has 2 saturated heterocycles. The Kier molecular flexibility index (Phi) is 4.05. The molecule has 2 heterocycles. The van der Waals surface area contributed by atoms with Gasteiger partial charge in [0.25, 0.3) is 0 Å². The second-order valence-corrected chi connectivity index (χ2v) is 4.66. The Morgan fingerprint density at radius 3 is 2.93 bits per heavy atom. The number of likely N-dealkylation sites (tertiary alicyclic amines) is 1. The highest BCUT2D eigenvalue weighted by Gasteiger charge is 2.30. The molecule has 2 atom stereocenters. The van der Waals surface area contributed by atoms with Gasteiger partial charge in [0.05, 0.1) is 6.54 Å². The monoisotopic (exact) mass is 206 g/mol. The standard InChI is InChI=1S/C13H22N2/c1-2-3-10-15-11-5-4-8-13(15)12-7-6-9-14-12/h12-14H,4-11H2,1H3. The van der Waals surface area contributed by atoms with Gasteiger partial charge in [0, 0.05) is 12.1 Å². The van der Waals surface area contributed by atoms with Crippen molar-refractivity contribution in [1.82, 2.24) is 10.2 Å². The first-order valence-electron chi connectivity index (χ1n) is 6.29. The van der Waals surface area contributed by atoms with Gasteiger partial charge in [-0.15, -0.1) is 5.92 Å². The van der Waals surface area contributed by atoms with Crippen LogP contribution in [0.15, 0.2) is 0 Å². The topological polar surface area (TPSA) is 15.3 Å². The predicted molar refractivity (Wildman–Crippen MR) is 63.7 cm³/mol. The number of hydrogen-bond donors (Lipinski definition) is 1. The summed E-state index contributed by atoms with van der Waals surface area (Å²) in [7, 11) is 0. The van der Waals surface area contributed by atoms with Crippen LogP contribution in [0.1, 0.15) is 39.0 Å². The molecular formula is C13H22N2. The molecule has 2 unspecified atom stereocenters. The lowest BCUT2D eigenvalue weighted by atomic mass is 9.94. The van der Waals surface area contributed by atoms with E-state index in [1.54, 1.807) is 0 Å². The van der Waals surface area contributed by atoms with Crippen LogP contribution in [0.25, 0.3) is 0 Å². The highest BCUT2D eigenvalue weighted by Crippen LogP contribution is 2.23. The molecule has 2 heteroatoms. The van der Waals surface area contributed by atoms with Crippen molar-refractivity contribution in [2.24, 2.45) is 0 Å². The molecule has 1 N–H and O–H groups in total. The quantitative estimate of drug-likeness (QED) is 0.691. The highest BCUT2D eigenvalue weighted by molar-refractivity contribution is 5.01. The highest BCUT2D eigenvalue weighted by atomic mass is 15.2. The van der Waals surface area contributed by atoms with Crippen LogP contribution in [-0.2, 0) is 0 Å². The van der Waals surface area contributed by atoms with Crippen LogP contribution in [0.4, 0.5) is 0 Å². The van der Waals surface area contributed by atoms with Gasteiger partial charge in [-0.2, -0.15) is 0 Å². The van der Waals surface area contributed by atoms with Crippen molar-refractivity contribution in [1.29, 1.82) is 0 Å². The Balaban J connectivity index is 1.94. The molecule has 15 heavy (non-hydrogen) atoms. The molecule has 2 nitrogen and oxygen atoms in total. The summed E-state index contributed by atoms with van der Waals surface area (Å²) in [6.07, 6.45) is 6.84. The van der Waals surface area contributed by atoms with Crippen LogP contribution in [0.3, 0.4) is 0 Å². The molecule has 0 bridgehead atoms. The molecule has 0 amide bonds. The van der Waals surface area contributed by atoms with Gasteiger partial charge in [0.2, 0.25) is 0 Å². The van der Waals surface area contributed by atoms with E-state index in [0.29, 0.717) is 0 Å². The lowest BCUT2D eigenvalue weighted by molar-refractivity contribution is 0.137. The van der Waals surface area contributed by atoms with E-state index >= 15 is 0 Å². The van der Waals surface area contributed by atoms with Crippen molar-refractivity contribution < 1.29 is 0 Å². The molecule has 0 aromatic heterocycles. The molecule has 84 valence electrons. The maximum absolute atomic E-state index is 3.64. The zero-order chi connectivity index (χ0) is 10.5. The largest absolute Gasteiger partial charge is 0.312 e. The van der Waals surface area contributed by atoms with E-state index < -0.39 is 0 Å². The minimum absolute atomic E-state index is 0.740. The summed E-state index contributed by atoms with van der Waals surface area (Å²) in [6.45, 7) is 5.37. The number of nitrogens with zero attached hydrogens (tertiary/aromatic N) is 1. The maximum atomic E-state index is 3.64. The van der Waals surface area contributed by atoms with Crippen molar-refractivity contribution in [3.05, 3.63) is 0 Å². The third kappa shape index (κ3) is 2.74. The van der Waals surface area contributed by atoms with Crippen molar-refractivity contribution >= 4 is 0 Å². The fraction of sp³-hybridized carbons (Fsp3) is 0.846. The average molecular weight is 206 g/mol. The van der Waals surface area contributed by atoms with Crippen molar-refractivity contribution in [2.75, 3.05) is 19.6 Å². The molecule has 0 radical (unpaired) electrons. The molecule has 2 rings (SSSR count). The van der Waals surface area contributed by atoms with Crippen molar-refractivity contribution in [2.45, 2.75) is 51.1 Å². The van der Waals surface area contributed by atoms with E-state index in [9.17, 15) is 0 Å². The molecular weight excluding hydrogens is 184 g/mol. The summed E-state index contributed by atoms with van der Waals surface area (Å²) in [5, 5.41) is 3.64. The lowest BCUT2D eigenvalue weighted by Crippen LogP contribution is -2.50. The second kappa shape index (κ2) is 5.53. The predicted octanol–water partition coefficient (Wildman–Crippen LogP) is 1.62. The Bertz CT molecular complexity index is 245. The zero-order valence-electron chi connectivity index (χ0n) is 9.76. The summed E-state index contributed by atoms with van der Waals surface area (Å²) < 4.78 is 0. The average Bonchev–Trinajstić information content (AvgIpc) is 2.80. The Hall–Kier alpha value is -0.520. The summed E-state index contributed by atoms with van der Waals surface area (Å²) in [4.78, 5) is 2.59. The number of piperidine rings is 1. The van der Waals surface area contributed by atoms with Gasteiger partial charge < -0.3 is 5.32 Å². The SMILES string of the molecule is CC#CCN1CCCCC1C1CCCN1. The normalized spacial score (nSPS) is 32.3. The molecule has 0 saturated carbocycles. The van der Waals surface area contributed by atoms with Gasteiger partial charge in [0.1, 0.15) is 0 Å². The van der Waals surface area contributed by atoms with Crippen molar-refractivity contribution in [3.63, 3.8) is 0 Å². The summed E-state index contributed by atoms with van der Waals surface area (Å²) >= 11 is 0. The first kappa shape index (κ1) is 11.0. The van der Waals surface area contributed by atoms with Crippen LogP contribution in [0.2, 0.25) is 0 Å². The molecule has 0 aromatic rings. The summed E-state index contributed by atoms with van der Waals surface area (Å²) in [6, 6.07) is 1.49. The minimum Gasteiger partial charge on any atom is -0.312 e. The van der Waals surface area contributed by atoms with Gasteiger partial charge in [-0.25, -0.2) is 0 Å². The first-order chi connectivity index (χ1) is 7.42. The molecule has 2 aliphatic heterocycles. The Morgan fingerprint density at radius 1 is 1.27 bits per heavy atom. The van der Waals surface area contributed by atoms with Gasteiger partial charge >= 0.3 is 0 Å². The zero-order valence-corrected chi connectivity index (χ0v) is 9.76. The van der Waals surface area contributed by atoms with Crippen LogP contribution >= 0.6 is 0 Å². The third-order valence-electron chi connectivity index (χ3n) is 3.69. The van der Waals surface area contributed by atoms with Gasteiger partial charge in [-0.3, -0.25) is 4.90 Å². The van der Waals surface area contributed by atoms with E-state index in [0.717, 1.165) is 18.6 Å². The van der Waals surface area contributed by atoms with Gasteiger partial charge in [0.15, 0.2) is 0 Å². The lowest BCUT2D eigenvalue weighted by Gasteiger charge is -2.38. The summed E-state index contributed by atoms with van der Waals surface area (Å²) in [5.41, 5.74) is 0. The molecule has 0 aromatic carbocycles. The maximum Gasteiger partial charge on any atom is 0.0604 e. The van der Waals surface area contributed by atoms with E-state index in [4.69, 9.17) is 0 Å². The van der Waals surface area contributed by atoms with E-state index in [2.05, 4.69) is 22.1 Å². The number of nitrogens with one attached hydrogen (secondary N) is 1. The molecule has 0 spiro atoms. The molecule has 2 fully saturated rings. The van der Waals surface area contributed by atoms with Crippen LogP contribution in [-0.4, -0.2) is 36.6 Å². The van der Waals surface area contributed by atoms with Crippen LogP contribution < -0.4 is 5.32 Å². The Morgan fingerprint density at radius 2 is 2.20 bits per heavy atom. The minimum atomic E-state index is 0.740. The van der Waals surface area contributed by atoms with E-state index in [1.165, 1.54) is 45.2 Å². The molecule has 0 aliphatic carbocycles. The van der Waals surface area contributed by atoms with Gasteiger partial charge in [-0.05, 0) is 45.7 Å². The Labute approximate surface area is 93.4 Å².